The zero-order valence-electron chi connectivity index (χ0n) is 9.64. The number of carboxylic acids is 1. The number of carbonyl (C=O) groups excluding carboxylic acids is 2. The second kappa shape index (κ2) is 7.10. The second-order valence-corrected chi connectivity index (χ2v) is 3.53. The van der Waals surface area contributed by atoms with Crippen molar-refractivity contribution >= 4 is 17.8 Å². The molecule has 0 fully saturated rings. The van der Waals surface area contributed by atoms with Crippen molar-refractivity contribution in [1.82, 2.24) is 10.6 Å². The molecule has 0 saturated carbocycles. The van der Waals surface area contributed by atoms with Gasteiger partial charge in [0.2, 0.25) is 11.8 Å². The van der Waals surface area contributed by atoms with Crippen LogP contribution in [-0.4, -0.2) is 36.0 Å². The highest BCUT2D eigenvalue weighted by molar-refractivity contribution is 5.86. The summed E-state index contributed by atoms with van der Waals surface area (Å²) in [6.07, 6.45) is 2.18. The molecule has 7 nitrogen and oxygen atoms in total. The standard InChI is InChI=1S/C11H14N2O5/c14-9(4-3-8-2-1-5-18-8)12-6-10(15)13-7-11(16)17/h1-2,5H,3-4,6-7H2,(H,12,14)(H,13,15)(H,16,17). The molecule has 0 atom stereocenters. The third kappa shape index (κ3) is 5.69. The van der Waals surface area contributed by atoms with E-state index in [9.17, 15) is 14.4 Å². The minimum absolute atomic E-state index is 0.208. The van der Waals surface area contributed by atoms with E-state index in [-0.39, 0.29) is 18.9 Å². The summed E-state index contributed by atoms with van der Waals surface area (Å²) in [7, 11) is 0. The molecular weight excluding hydrogens is 240 g/mol. The van der Waals surface area contributed by atoms with Gasteiger partial charge in [-0.1, -0.05) is 0 Å². The van der Waals surface area contributed by atoms with Crippen molar-refractivity contribution in [1.29, 1.82) is 0 Å². The van der Waals surface area contributed by atoms with Gasteiger partial charge in [0.15, 0.2) is 0 Å². The van der Waals surface area contributed by atoms with Crippen molar-refractivity contribution in [2.24, 2.45) is 0 Å². The smallest absolute Gasteiger partial charge is 0.322 e. The van der Waals surface area contributed by atoms with E-state index in [4.69, 9.17) is 9.52 Å². The molecule has 18 heavy (non-hydrogen) atoms. The zero-order valence-corrected chi connectivity index (χ0v) is 9.64. The molecule has 0 saturated heterocycles. The minimum atomic E-state index is -1.13. The lowest BCUT2D eigenvalue weighted by Gasteiger charge is -2.04. The maximum Gasteiger partial charge on any atom is 0.322 e. The molecule has 1 aromatic rings. The van der Waals surface area contributed by atoms with Crippen LogP contribution in [0.5, 0.6) is 0 Å². The van der Waals surface area contributed by atoms with Gasteiger partial charge in [-0.2, -0.15) is 0 Å². The monoisotopic (exact) mass is 254 g/mol. The molecule has 3 N–H and O–H groups in total. The Morgan fingerprint density at radius 3 is 2.50 bits per heavy atom. The normalized spacial score (nSPS) is 9.78. The minimum Gasteiger partial charge on any atom is -0.480 e. The van der Waals surface area contributed by atoms with Crippen molar-refractivity contribution in [2.75, 3.05) is 13.1 Å². The van der Waals surface area contributed by atoms with Crippen LogP contribution in [0.4, 0.5) is 0 Å². The molecule has 0 aliphatic heterocycles. The van der Waals surface area contributed by atoms with Crippen LogP contribution in [0.2, 0.25) is 0 Å². The average molecular weight is 254 g/mol. The van der Waals surface area contributed by atoms with Crippen molar-refractivity contribution in [2.45, 2.75) is 12.8 Å². The molecule has 0 radical (unpaired) electrons. The van der Waals surface area contributed by atoms with Gasteiger partial charge in [-0.05, 0) is 12.1 Å². The van der Waals surface area contributed by atoms with Crippen LogP contribution in [0.3, 0.4) is 0 Å². The van der Waals surface area contributed by atoms with E-state index < -0.39 is 18.4 Å². The molecule has 0 bridgehead atoms. The zero-order chi connectivity index (χ0) is 13.4. The molecule has 0 aromatic carbocycles. The first-order valence-electron chi connectivity index (χ1n) is 5.35. The lowest BCUT2D eigenvalue weighted by Crippen LogP contribution is -2.39. The molecule has 0 aliphatic carbocycles. The third-order valence-electron chi connectivity index (χ3n) is 2.06. The number of aryl methyl sites for hydroxylation is 1. The van der Waals surface area contributed by atoms with Crippen LogP contribution < -0.4 is 10.6 Å². The Balaban J connectivity index is 2.13. The summed E-state index contributed by atoms with van der Waals surface area (Å²) < 4.78 is 5.05. The van der Waals surface area contributed by atoms with Crippen LogP contribution >= 0.6 is 0 Å². The number of hydrogen-bond acceptors (Lipinski definition) is 4. The number of carbonyl (C=O) groups is 3. The average Bonchev–Trinajstić information content (AvgIpc) is 2.84. The quantitative estimate of drug-likeness (QED) is 0.609. The van der Waals surface area contributed by atoms with Crippen molar-refractivity contribution in [3.63, 3.8) is 0 Å². The number of aliphatic carboxylic acids is 1. The van der Waals surface area contributed by atoms with Crippen LogP contribution in [0.15, 0.2) is 22.8 Å². The first-order chi connectivity index (χ1) is 8.58. The van der Waals surface area contributed by atoms with E-state index in [0.29, 0.717) is 12.2 Å². The van der Waals surface area contributed by atoms with Gasteiger partial charge in [0.05, 0.1) is 12.8 Å². The number of hydrogen-bond donors (Lipinski definition) is 3. The number of furan rings is 1. The predicted octanol–water partition coefficient (Wildman–Crippen LogP) is -0.471. The van der Waals surface area contributed by atoms with Gasteiger partial charge < -0.3 is 20.2 Å². The predicted molar refractivity (Wildman–Crippen MR) is 60.7 cm³/mol. The summed E-state index contributed by atoms with van der Waals surface area (Å²) in [5.74, 6) is -1.27. The van der Waals surface area contributed by atoms with Crippen molar-refractivity contribution < 1.29 is 23.9 Å². The van der Waals surface area contributed by atoms with Crippen molar-refractivity contribution in [3.8, 4) is 0 Å². The van der Waals surface area contributed by atoms with Gasteiger partial charge in [0.25, 0.3) is 0 Å². The van der Waals surface area contributed by atoms with E-state index in [1.165, 1.54) is 6.26 Å². The Bertz CT molecular complexity index is 413. The topological polar surface area (TPSA) is 109 Å². The number of nitrogens with one attached hydrogen (secondary N) is 2. The second-order valence-electron chi connectivity index (χ2n) is 3.53. The van der Waals surface area contributed by atoms with Crippen LogP contribution in [-0.2, 0) is 20.8 Å². The van der Waals surface area contributed by atoms with Gasteiger partial charge in [-0.15, -0.1) is 0 Å². The summed E-state index contributed by atoms with van der Waals surface area (Å²) in [4.78, 5) is 32.6. The Hall–Kier alpha value is -2.31. The van der Waals surface area contributed by atoms with Crippen LogP contribution in [0.25, 0.3) is 0 Å². The highest BCUT2D eigenvalue weighted by Gasteiger charge is 2.07. The summed E-state index contributed by atoms with van der Waals surface area (Å²) in [5, 5.41) is 12.8. The molecule has 1 heterocycles. The fourth-order valence-electron chi connectivity index (χ4n) is 1.20. The fourth-order valence-corrected chi connectivity index (χ4v) is 1.20. The molecule has 1 aromatic heterocycles. The molecule has 0 aliphatic rings. The van der Waals surface area contributed by atoms with E-state index in [1.807, 2.05) is 0 Å². The number of carboxylic acid groups (broad SMARTS) is 1. The first-order valence-corrected chi connectivity index (χ1v) is 5.35. The lowest BCUT2D eigenvalue weighted by atomic mass is 10.2. The van der Waals surface area contributed by atoms with E-state index >= 15 is 0 Å². The van der Waals surface area contributed by atoms with Crippen LogP contribution in [0, 0.1) is 0 Å². The first kappa shape index (κ1) is 13.8. The lowest BCUT2D eigenvalue weighted by molar-refractivity contribution is -0.137. The number of rotatable bonds is 7. The molecule has 0 spiro atoms. The van der Waals surface area contributed by atoms with Gasteiger partial charge in [0, 0.05) is 12.8 Å². The summed E-state index contributed by atoms with van der Waals surface area (Å²) in [6.45, 7) is -0.689. The third-order valence-corrected chi connectivity index (χ3v) is 2.06. The highest BCUT2D eigenvalue weighted by Crippen LogP contribution is 2.02. The molecular formula is C11H14N2O5. The molecule has 0 unspecified atom stereocenters. The van der Waals surface area contributed by atoms with E-state index in [1.54, 1.807) is 12.1 Å². The van der Waals surface area contributed by atoms with Gasteiger partial charge in [-0.3, -0.25) is 14.4 Å². The molecule has 2 amide bonds. The maximum atomic E-state index is 11.3. The Morgan fingerprint density at radius 1 is 1.17 bits per heavy atom. The molecule has 7 heteroatoms. The van der Waals surface area contributed by atoms with Gasteiger partial charge in [-0.25, -0.2) is 0 Å². The van der Waals surface area contributed by atoms with E-state index in [2.05, 4.69) is 10.6 Å². The van der Waals surface area contributed by atoms with Gasteiger partial charge >= 0.3 is 5.97 Å². The Morgan fingerprint density at radius 2 is 1.89 bits per heavy atom. The van der Waals surface area contributed by atoms with Gasteiger partial charge in [0.1, 0.15) is 12.3 Å². The SMILES string of the molecule is O=C(O)CNC(=O)CNC(=O)CCc1ccco1. The number of amides is 2. The van der Waals surface area contributed by atoms with Crippen molar-refractivity contribution in [3.05, 3.63) is 24.2 Å². The summed E-state index contributed by atoms with van der Waals surface area (Å²) in [6, 6.07) is 3.49. The Labute approximate surface area is 103 Å². The largest absolute Gasteiger partial charge is 0.480 e. The summed E-state index contributed by atoms with van der Waals surface area (Å²) >= 11 is 0. The highest BCUT2D eigenvalue weighted by atomic mass is 16.4. The Kier molecular flexibility index (Phi) is 5.43. The summed E-state index contributed by atoms with van der Waals surface area (Å²) in [5.41, 5.74) is 0. The fraction of sp³-hybridized carbons (Fsp3) is 0.364. The van der Waals surface area contributed by atoms with Crippen LogP contribution in [0.1, 0.15) is 12.2 Å². The molecule has 1 rings (SSSR count). The molecule has 98 valence electrons. The maximum absolute atomic E-state index is 11.3. The van der Waals surface area contributed by atoms with E-state index in [0.717, 1.165) is 0 Å².